The van der Waals surface area contributed by atoms with Crippen LogP contribution in [0, 0.1) is 5.92 Å². The number of amides is 1. The summed E-state index contributed by atoms with van der Waals surface area (Å²) in [5.74, 6) is -0.443. The molecule has 0 aromatic heterocycles. The second-order valence-corrected chi connectivity index (χ2v) is 5.61. The van der Waals surface area contributed by atoms with Crippen LogP contribution in [-0.2, 0) is 4.79 Å². The summed E-state index contributed by atoms with van der Waals surface area (Å²) in [5.41, 5.74) is 0.488. The number of hydrogen-bond donors (Lipinski definition) is 2. The minimum atomic E-state index is -0.922. The Morgan fingerprint density at radius 1 is 1.14 bits per heavy atom. The molecule has 5 nitrogen and oxygen atoms in total. The highest BCUT2D eigenvalue weighted by molar-refractivity contribution is 5.94. The molecule has 1 atom stereocenters. The van der Waals surface area contributed by atoms with Crippen LogP contribution in [0.3, 0.4) is 0 Å². The molecule has 21 heavy (non-hydrogen) atoms. The third kappa shape index (κ3) is 5.85. The molecule has 1 aromatic rings. The molecule has 0 fully saturated rings. The van der Waals surface area contributed by atoms with Gasteiger partial charge in [-0.2, -0.15) is 0 Å². The van der Waals surface area contributed by atoms with Crippen LogP contribution in [0.1, 0.15) is 44.5 Å². The van der Waals surface area contributed by atoms with Crippen LogP contribution in [0.4, 0.5) is 0 Å². The first-order valence-corrected chi connectivity index (χ1v) is 7.09. The fraction of sp³-hybridized carbons (Fsp3) is 0.500. The Hall–Kier alpha value is -2.04. The summed E-state index contributed by atoms with van der Waals surface area (Å²) in [4.78, 5) is 22.9. The Kier molecular flexibility index (Phi) is 6.21. The topological polar surface area (TPSA) is 75.6 Å². The Labute approximate surface area is 125 Å². The van der Waals surface area contributed by atoms with Gasteiger partial charge in [-0.25, -0.2) is 0 Å². The van der Waals surface area contributed by atoms with Gasteiger partial charge in [-0.15, -0.1) is 0 Å². The Bertz CT molecular complexity index is 480. The van der Waals surface area contributed by atoms with Gasteiger partial charge in [0.1, 0.15) is 5.75 Å². The van der Waals surface area contributed by atoms with Crippen LogP contribution in [-0.4, -0.2) is 29.1 Å². The van der Waals surface area contributed by atoms with Gasteiger partial charge in [0.15, 0.2) is 0 Å². The van der Waals surface area contributed by atoms with E-state index in [1.54, 1.807) is 24.3 Å². The van der Waals surface area contributed by atoms with Crippen molar-refractivity contribution in [3.05, 3.63) is 29.8 Å². The van der Waals surface area contributed by atoms with E-state index in [9.17, 15) is 9.59 Å². The van der Waals surface area contributed by atoms with Crippen molar-refractivity contribution in [3.8, 4) is 5.75 Å². The maximum atomic E-state index is 12.1. The highest BCUT2D eigenvalue weighted by Gasteiger charge is 2.20. The van der Waals surface area contributed by atoms with E-state index in [4.69, 9.17) is 9.84 Å². The number of aliphatic carboxylic acids is 1. The highest BCUT2D eigenvalue weighted by Crippen LogP contribution is 2.15. The second kappa shape index (κ2) is 7.67. The van der Waals surface area contributed by atoms with Crippen molar-refractivity contribution in [2.24, 2.45) is 5.92 Å². The normalized spacial score (nSPS) is 12.3. The number of hydrogen-bond acceptors (Lipinski definition) is 3. The molecule has 2 N–H and O–H groups in total. The molecular formula is C16H23NO4. The lowest BCUT2D eigenvalue weighted by atomic mass is 10.0. The van der Waals surface area contributed by atoms with E-state index in [0.717, 1.165) is 0 Å². The Morgan fingerprint density at radius 3 is 2.14 bits per heavy atom. The first kappa shape index (κ1) is 17.0. The third-order valence-electron chi connectivity index (χ3n) is 3.00. The number of carbonyl (C=O) groups excluding carboxylic acids is 1. The van der Waals surface area contributed by atoms with Crippen molar-refractivity contribution >= 4 is 11.9 Å². The number of rotatable bonds is 7. The van der Waals surface area contributed by atoms with Crippen LogP contribution in [0.25, 0.3) is 0 Å². The van der Waals surface area contributed by atoms with Crippen molar-refractivity contribution in [1.29, 1.82) is 0 Å². The van der Waals surface area contributed by atoms with Gasteiger partial charge in [0.2, 0.25) is 0 Å². The summed E-state index contributed by atoms with van der Waals surface area (Å²) in [6.45, 7) is 7.63. The molecule has 1 rings (SSSR count). The van der Waals surface area contributed by atoms with Gasteiger partial charge in [0.05, 0.1) is 12.5 Å². The van der Waals surface area contributed by atoms with Gasteiger partial charge in [-0.05, 0) is 44.0 Å². The molecule has 0 heterocycles. The maximum absolute atomic E-state index is 12.1. The van der Waals surface area contributed by atoms with Gasteiger partial charge in [0.25, 0.3) is 5.91 Å². The van der Waals surface area contributed by atoms with Gasteiger partial charge in [0, 0.05) is 11.6 Å². The minimum absolute atomic E-state index is 0.0496. The summed E-state index contributed by atoms with van der Waals surface area (Å²) in [6, 6.07) is 6.42. The van der Waals surface area contributed by atoms with E-state index in [2.05, 4.69) is 5.32 Å². The monoisotopic (exact) mass is 293 g/mol. The molecule has 0 aliphatic rings. The fourth-order valence-electron chi connectivity index (χ4n) is 1.85. The number of benzene rings is 1. The first-order chi connectivity index (χ1) is 9.79. The zero-order chi connectivity index (χ0) is 16.0. The summed E-state index contributed by atoms with van der Waals surface area (Å²) in [7, 11) is 0. The molecule has 0 spiro atoms. The van der Waals surface area contributed by atoms with Crippen LogP contribution in [0.2, 0.25) is 0 Å². The lowest BCUT2D eigenvalue weighted by Gasteiger charge is -2.20. The van der Waals surface area contributed by atoms with Crippen molar-refractivity contribution in [1.82, 2.24) is 5.32 Å². The standard InChI is InChI=1S/C16H23NO4/c1-10(2)14(9-15(18)19)17-16(20)12-5-7-13(8-6-12)21-11(3)4/h5-8,10-11,14H,9H2,1-4H3,(H,17,20)(H,18,19). The Balaban J connectivity index is 2.71. The number of carbonyl (C=O) groups is 2. The molecule has 0 aliphatic heterocycles. The summed E-state index contributed by atoms with van der Waals surface area (Å²) in [5, 5.41) is 11.6. The molecule has 0 saturated carbocycles. The van der Waals surface area contributed by atoms with E-state index in [0.29, 0.717) is 11.3 Å². The highest BCUT2D eigenvalue weighted by atomic mass is 16.5. The summed E-state index contributed by atoms with van der Waals surface area (Å²) < 4.78 is 5.51. The number of carboxylic acid groups (broad SMARTS) is 1. The van der Waals surface area contributed by atoms with Crippen molar-refractivity contribution in [2.75, 3.05) is 0 Å². The average molecular weight is 293 g/mol. The van der Waals surface area contributed by atoms with E-state index in [-0.39, 0.29) is 30.4 Å². The second-order valence-electron chi connectivity index (χ2n) is 5.61. The molecular weight excluding hydrogens is 270 g/mol. The molecule has 0 radical (unpaired) electrons. The molecule has 1 unspecified atom stereocenters. The largest absolute Gasteiger partial charge is 0.491 e. The minimum Gasteiger partial charge on any atom is -0.491 e. The molecule has 0 bridgehead atoms. The predicted molar refractivity (Wildman–Crippen MR) is 80.6 cm³/mol. The van der Waals surface area contributed by atoms with E-state index in [1.165, 1.54) is 0 Å². The SMILES string of the molecule is CC(C)Oc1ccc(C(=O)NC(CC(=O)O)C(C)C)cc1. The van der Waals surface area contributed by atoms with Crippen molar-refractivity contribution < 1.29 is 19.4 Å². The third-order valence-corrected chi connectivity index (χ3v) is 3.00. The van der Waals surface area contributed by atoms with E-state index in [1.807, 2.05) is 27.7 Å². The number of ether oxygens (including phenoxy) is 1. The van der Waals surface area contributed by atoms with Crippen molar-refractivity contribution in [3.63, 3.8) is 0 Å². The molecule has 1 amide bonds. The predicted octanol–water partition coefficient (Wildman–Crippen LogP) is 2.70. The van der Waals surface area contributed by atoms with Crippen LogP contribution >= 0.6 is 0 Å². The number of nitrogens with one attached hydrogen (secondary N) is 1. The van der Waals surface area contributed by atoms with Gasteiger partial charge >= 0.3 is 5.97 Å². The number of carboxylic acids is 1. The average Bonchev–Trinajstić information content (AvgIpc) is 2.37. The van der Waals surface area contributed by atoms with Crippen molar-refractivity contribution in [2.45, 2.75) is 46.3 Å². The lowest BCUT2D eigenvalue weighted by Crippen LogP contribution is -2.40. The maximum Gasteiger partial charge on any atom is 0.305 e. The molecule has 116 valence electrons. The van der Waals surface area contributed by atoms with Gasteiger partial charge in [-0.1, -0.05) is 13.8 Å². The van der Waals surface area contributed by atoms with Crippen LogP contribution in [0.5, 0.6) is 5.75 Å². The first-order valence-electron chi connectivity index (χ1n) is 7.09. The van der Waals surface area contributed by atoms with Crippen LogP contribution < -0.4 is 10.1 Å². The van der Waals surface area contributed by atoms with Gasteiger partial charge < -0.3 is 15.2 Å². The van der Waals surface area contributed by atoms with E-state index < -0.39 is 5.97 Å². The Morgan fingerprint density at radius 2 is 1.71 bits per heavy atom. The fourth-order valence-corrected chi connectivity index (χ4v) is 1.85. The zero-order valence-corrected chi connectivity index (χ0v) is 12.9. The molecule has 5 heteroatoms. The lowest BCUT2D eigenvalue weighted by molar-refractivity contribution is -0.137. The quantitative estimate of drug-likeness (QED) is 0.810. The van der Waals surface area contributed by atoms with E-state index >= 15 is 0 Å². The van der Waals surface area contributed by atoms with Crippen LogP contribution in [0.15, 0.2) is 24.3 Å². The zero-order valence-electron chi connectivity index (χ0n) is 12.9. The van der Waals surface area contributed by atoms with Gasteiger partial charge in [-0.3, -0.25) is 9.59 Å². The molecule has 1 aromatic carbocycles. The molecule has 0 saturated heterocycles. The summed E-state index contributed by atoms with van der Waals surface area (Å²) >= 11 is 0. The molecule has 0 aliphatic carbocycles. The summed E-state index contributed by atoms with van der Waals surface area (Å²) in [6.07, 6.45) is -0.0108. The smallest absolute Gasteiger partial charge is 0.305 e.